The molecule has 5 nitrogen and oxygen atoms in total. The van der Waals surface area contributed by atoms with E-state index in [0.717, 1.165) is 18.0 Å². The summed E-state index contributed by atoms with van der Waals surface area (Å²) in [6.45, 7) is 2.35. The van der Waals surface area contributed by atoms with Gasteiger partial charge in [-0.05, 0) is 42.5 Å². The minimum atomic E-state index is -4.55. The first-order chi connectivity index (χ1) is 15.3. The quantitative estimate of drug-likeness (QED) is 0.561. The van der Waals surface area contributed by atoms with Gasteiger partial charge in [0.25, 0.3) is 5.91 Å². The number of amides is 1. The first-order valence-corrected chi connectivity index (χ1v) is 10.4. The second-order valence-corrected chi connectivity index (χ2v) is 7.79. The second-order valence-electron chi connectivity index (χ2n) is 7.36. The Bertz CT molecular complexity index is 1110. The Labute approximate surface area is 188 Å². The zero-order valence-corrected chi connectivity index (χ0v) is 17.7. The van der Waals surface area contributed by atoms with Gasteiger partial charge in [0, 0.05) is 48.8 Å². The smallest absolute Gasteiger partial charge is 0.368 e. The molecule has 32 heavy (non-hydrogen) atoms. The third kappa shape index (κ3) is 4.96. The number of anilines is 3. The predicted octanol–water partition coefficient (Wildman–Crippen LogP) is 5.46. The zero-order chi connectivity index (χ0) is 22.7. The van der Waals surface area contributed by atoms with E-state index in [4.69, 9.17) is 11.6 Å². The van der Waals surface area contributed by atoms with E-state index in [1.807, 2.05) is 24.3 Å². The number of nitrogens with zero attached hydrogens (tertiary/aromatic N) is 3. The van der Waals surface area contributed by atoms with Crippen molar-refractivity contribution >= 4 is 34.6 Å². The van der Waals surface area contributed by atoms with Crippen LogP contribution in [0.5, 0.6) is 0 Å². The SMILES string of the molecule is O=C(c1ccccc1Nc1ccnc(C(F)(F)F)c1)N1CCN(c2cccc(Cl)c2)CC1. The Hall–Kier alpha value is -3.26. The number of nitrogens with one attached hydrogen (secondary N) is 1. The molecule has 1 amide bonds. The molecular formula is C23H20ClF3N4O. The van der Waals surface area contributed by atoms with E-state index in [2.05, 4.69) is 15.2 Å². The largest absolute Gasteiger partial charge is 0.433 e. The van der Waals surface area contributed by atoms with Crippen molar-refractivity contribution in [2.75, 3.05) is 36.4 Å². The maximum atomic E-state index is 13.2. The van der Waals surface area contributed by atoms with Crippen molar-refractivity contribution in [2.24, 2.45) is 0 Å². The van der Waals surface area contributed by atoms with Crippen LogP contribution in [-0.4, -0.2) is 42.0 Å². The number of para-hydroxylation sites is 1. The number of halogens is 4. The molecule has 2 aromatic carbocycles. The van der Waals surface area contributed by atoms with Gasteiger partial charge in [0.05, 0.1) is 11.3 Å². The zero-order valence-electron chi connectivity index (χ0n) is 16.9. The van der Waals surface area contributed by atoms with Gasteiger partial charge in [0.2, 0.25) is 0 Å². The molecule has 0 bridgehead atoms. The van der Waals surface area contributed by atoms with Crippen LogP contribution in [-0.2, 0) is 6.18 Å². The Morgan fingerprint density at radius 2 is 1.72 bits per heavy atom. The number of piperazine rings is 1. The highest BCUT2D eigenvalue weighted by Crippen LogP contribution is 2.30. The number of carbonyl (C=O) groups is 1. The molecule has 1 aliphatic rings. The molecule has 1 aromatic heterocycles. The summed E-state index contributed by atoms with van der Waals surface area (Å²) in [5.41, 5.74) is 1.05. The Balaban J connectivity index is 1.48. The van der Waals surface area contributed by atoms with Gasteiger partial charge in [-0.15, -0.1) is 0 Å². The summed E-state index contributed by atoms with van der Waals surface area (Å²) in [6.07, 6.45) is -3.46. The van der Waals surface area contributed by atoms with Gasteiger partial charge >= 0.3 is 6.18 Å². The van der Waals surface area contributed by atoms with E-state index < -0.39 is 11.9 Å². The minimum absolute atomic E-state index is 0.177. The number of hydrogen-bond acceptors (Lipinski definition) is 4. The fourth-order valence-corrected chi connectivity index (χ4v) is 3.79. The van der Waals surface area contributed by atoms with Crippen LogP contribution in [0.25, 0.3) is 0 Å². The molecule has 0 aliphatic carbocycles. The van der Waals surface area contributed by atoms with Gasteiger partial charge in [-0.3, -0.25) is 9.78 Å². The maximum Gasteiger partial charge on any atom is 0.433 e. The molecule has 0 atom stereocenters. The molecule has 166 valence electrons. The van der Waals surface area contributed by atoms with Crippen LogP contribution in [0.4, 0.5) is 30.2 Å². The fraction of sp³-hybridized carbons (Fsp3) is 0.217. The number of pyridine rings is 1. The van der Waals surface area contributed by atoms with Crippen LogP contribution in [0.1, 0.15) is 16.1 Å². The van der Waals surface area contributed by atoms with E-state index in [1.54, 1.807) is 29.2 Å². The third-order valence-electron chi connectivity index (χ3n) is 5.23. The monoisotopic (exact) mass is 460 g/mol. The number of carbonyl (C=O) groups excluding carboxylic acids is 1. The van der Waals surface area contributed by atoms with Crippen molar-refractivity contribution in [3.8, 4) is 0 Å². The molecule has 1 N–H and O–H groups in total. The fourth-order valence-electron chi connectivity index (χ4n) is 3.61. The summed E-state index contributed by atoms with van der Waals surface area (Å²) in [5, 5.41) is 3.59. The van der Waals surface area contributed by atoms with E-state index in [9.17, 15) is 18.0 Å². The van der Waals surface area contributed by atoms with E-state index >= 15 is 0 Å². The lowest BCUT2D eigenvalue weighted by Gasteiger charge is -2.36. The van der Waals surface area contributed by atoms with Crippen molar-refractivity contribution in [1.82, 2.24) is 9.88 Å². The highest BCUT2D eigenvalue weighted by molar-refractivity contribution is 6.30. The maximum absolute atomic E-state index is 13.2. The summed E-state index contributed by atoms with van der Waals surface area (Å²) < 4.78 is 38.9. The Morgan fingerprint density at radius 1 is 0.969 bits per heavy atom. The van der Waals surface area contributed by atoms with Gasteiger partial charge in [-0.2, -0.15) is 13.2 Å². The van der Waals surface area contributed by atoms with Crippen molar-refractivity contribution in [3.05, 3.63) is 83.1 Å². The van der Waals surface area contributed by atoms with Gasteiger partial charge in [-0.1, -0.05) is 29.8 Å². The Morgan fingerprint density at radius 3 is 2.44 bits per heavy atom. The number of hydrogen-bond donors (Lipinski definition) is 1. The number of alkyl halides is 3. The summed E-state index contributed by atoms with van der Waals surface area (Å²) in [4.78, 5) is 20.5. The summed E-state index contributed by atoms with van der Waals surface area (Å²) >= 11 is 6.08. The molecule has 1 aliphatic heterocycles. The van der Waals surface area contributed by atoms with Crippen LogP contribution in [0.3, 0.4) is 0 Å². The first kappa shape index (κ1) is 22.0. The molecular weight excluding hydrogens is 441 g/mol. The molecule has 2 heterocycles. The normalized spacial score (nSPS) is 14.4. The summed E-state index contributed by atoms with van der Waals surface area (Å²) in [5.74, 6) is -0.177. The topological polar surface area (TPSA) is 48.5 Å². The van der Waals surface area contributed by atoms with Crippen LogP contribution in [0.15, 0.2) is 66.9 Å². The van der Waals surface area contributed by atoms with E-state index in [-0.39, 0.29) is 11.6 Å². The number of aromatic nitrogens is 1. The second kappa shape index (κ2) is 9.08. The van der Waals surface area contributed by atoms with E-state index in [1.165, 1.54) is 6.07 Å². The van der Waals surface area contributed by atoms with Crippen molar-refractivity contribution in [3.63, 3.8) is 0 Å². The molecule has 1 saturated heterocycles. The lowest BCUT2D eigenvalue weighted by Crippen LogP contribution is -2.48. The molecule has 9 heteroatoms. The third-order valence-corrected chi connectivity index (χ3v) is 5.46. The number of benzene rings is 2. The standard InChI is InChI=1S/C23H20ClF3N4O/c24-16-4-3-5-18(14-16)30-10-12-31(13-11-30)22(32)19-6-1-2-7-20(19)29-17-8-9-28-21(15-17)23(25,26)27/h1-9,14-15H,10-13H2,(H,28,29). The molecule has 0 spiro atoms. The average Bonchev–Trinajstić information content (AvgIpc) is 2.79. The highest BCUT2D eigenvalue weighted by Gasteiger charge is 2.32. The molecule has 1 fully saturated rings. The van der Waals surface area contributed by atoms with Crippen molar-refractivity contribution in [1.29, 1.82) is 0 Å². The first-order valence-electron chi connectivity index (χ1n) is 10.0. The summed E-state index contributed by atoms with van der Waals surface area (Å²) in [7, 11) is 0. The minimum Gasteiger partial charge on any atom is -0.368 e. The van der Waals surface area contributed by atoms with Crippen LogP contribution in [0, 0.1) is 0 Å². The number of rotatable bonds is 4. The van der Waals surface area contributed by atoms with Gasteiger partial charge < -0.3 is 15.1 Å². The molecule has 0 saturated carbocycles. The lowest BCUT2D eigenvalue weighted by molar-refractivity contribution is -0.141. The molecule has 4 rings (SSSR count). The highest BCUT2D eigenvalue weighted by atomic mass is 35.5. The predicted molar refractivity (Wildman–Crippen MR) is 119 cm³/mol. The van der Waals surface area contributed by atoms with Crippen molar-refractivity contribution < 1.29 is 18.0 Å². The Kier molecular flexibility index (Phi) is 6.23. The van der Waals surface area contributed by atoms with Crippen molar-refractivity contribution in [2.45, 2.75) is 6.18 Å². The van der Waals surface area contributed by atoms with Crippen LogP contribution < -0.4 is 10.2 Å². The molecule has 0 unspecified atom stereocenters. The van der Waals surface area contributed by atoms with E-state index in [0.29, 0.717) is 42.5 Å². The van der Waals surface area contributed by atoms with Gasteiger partial charge in [-0.25, -0.2) is 0 Å². The molecule has 3 aromatic rings. The van der Waals surface area contributed by atoms with Gasteiger partial charge in [0.15, 0.2) is 0 Å². The van der Waals surface area contributed by atoms with Crippen LogP contribution in [0.2, 0.25) is 5.02 Å². The van der Waals surface area contributed by atoms with Crippen LogP contribution >= 0.6 is 11.6 Å². The summed E-state index contributed by atoms with van der Waals surface area (Å²) in [6, 6.07) is 16.7. The molecule has 0 radical (unpaired) electrons. The lowest BCUT2D eigenvalue weighted by atomic mass is 10.1. The van der Waals surface area contributed by atoms with Gasteiger partial charge in [0.1, 0.15) is 5.69 Å². The average molecular weight is 461 g/mol.